The summed E-state index contributed by atoms with van der Waals surface area (Å²) in [5, 5.41) is 5.85. The fourth-order valence-corrected chi connectivity index (χ4v) is 3.39. The number of nitrogens with zero attached hydrogens (tertiary/aromatic N) is 2. The molecule has 0 saturated carbocycles. The standard InChI is InChI=1S/C24H24N4O/c1-17-12-13-20(16-18(17)2)26-24(29)25-14-15-28-22-11-7-6-10-21(22)27-23(28)19-8-4-3-5-9-19/h3-13,16H,14-15H2,1-2H3,(H2,25,26,29). The monoisotopic (exact) mass is 384 g/mol. The quantitative estimate of drug-likeness (QED) is 0.500. The van der Waals surface area contributed by atoms with Crippen molar-refractivity contribution >= 4 is 22.8 Å². The first kappa shape index (κ1) is 18.7. The molecule has 0 fully saturated rings. The number of nitrogens with one attached hydrogen (secondary N) is 2. The lowest BCUT2D eigenvalue weighted by Crippen LogP contribution is -2.31. The molecule has 0 aliphatic carbocycles. The second kappa shape index (κ2) is 8.19. The Balaban J connectivity index is 1.48. The Bertz CT molecular complexity index is 1150. The molecule has 2 amide bonds. The highest BCUT2D eigenvalue weighted by molar-refractivity contribution is 5.89. The van der Waals surface area contributed by atoms with Crippen molar-refractivity contribution in [2.45, 2.75) is 20.4 Å². The summed E-state index contributed by atoms with van der Waals surface area (Å²) in [5.74, 6) is 0.906. The van der Waals surface area contributed by atoms with Gasteiger partial charge in [-0.3, -0.25) is 0 Å². The van der Waals surface area contributed by atoms with Crippen molar-refractivity contribution in [2.75, 3.05) is 11.9 Å². The number of imidazole rings is 1. The van der Waals surface area contributed by atoms with Crippen LogP contribution in [0.4, 0.5) is 10.5 Å². The minimum absolute atomic E-state index is 0.209. The van der Waals surface area contributed by atoms with Crippen molar-refractivity contribution in [1.82, 2.24) is 14.9 Å². The van der Waals surface area contributed by atoms with Gasteiger partial charge in [0, 0.05) is 24.3 Å². The summed E-state index contributed by atoms with van der Waals surface area (Å²) in [6.45, 7) is 5.22. The van der Waals surface area contributed by atoms with Crippen LogP contribution in [0.5, 0.6) is 0 Å². The molecule has 3 aromatic carbocycles. The summed E-state index contributed by atoms with van der Waals surface area (Å²) < 4.78 is 2.15. The molecule has 0 bridgehead atoms. The van der Waals surface area contributed by atoms with E-state index in [1.807, 2.05) is 61.5 Å². The van der Waals surface area contributed by atoms with E-state index in [4.69, 9.17) is 4.98 Å². The molecule has 0 atom stereocenters. The molecule has 0 aliphatic rings. The number of hydrogen-bond acceptors (Lipinski definition) is 2. The molecule has 4 aromatic rings. The normalized spacial score (nSPS) is 10.8. The van der Waals surface area contributed by atoms with Gasteiger partial charge in [0.1, 0.15) is 5.82 Å². The Hall–Kier alpha value is -3.60. The maximum Gasteiger partial charge on any atom is 0.319 e. The Kier molecular flexibility index (Phi) is 5.29. The molecule has 4 rings (SSSR count). The van der Waals surface area contributed by atoms with Crippen LogP contribution in [0.25, 0.3) is 22.4 Å². The molecule has 5 heteroatoms. The summed E-state index contributed by atoms with van der Waals surface area (Å²) in [5.41, 5.74) is 6.22. The summed E-state index contributed by atoms with van der Waals surface area (Å²) in [4.78, 5) is 17.1. The van der Waals surface area contributed by atoms with E-state index in [-0.39, 0.29) is 6.03 Å². The van der Waals surface area contributed by atoms with Gasteiger partial charge < -0.3 is 15.2 Å². The Morgan fingerprint density at radius 1 is 0.931 bits per heavy atom. The van der Waals surface area contributed by atoms with Gasteiger partial charge in [-0.15, -0.1) is 0 Å². The average Bonchev–Trinajstić information content (AvgIpc) is 3.10. The van der Waals surface area contributed by atoms with Crippen LogP contribution >= 0.6 is 0 Å². The third kappa shape index (κ3) is 4.14. The molecule has 146 valence electrons. The number of carbonyl (C=O) groups is 1. The predicted octanol–water partition coefficient (Wildman–Crippen LogP) is 5.14. The number of para-hydroxylation sites is 2. The number of aryl methyl sites for hydroxylation is 2. The van der Waals surface area contributed by atoms with Gasteiger partial charge >= 0.3 is 6.03 Å². The number of hydrogen-bond donors (Lipinski definition) is 2. The molecule has 0 aliphatic heterocycles. The van der Waals surface area contributed by atoms with E-state index >= 15 is 0 Å². The Labute approximate surface area is 170 Å². The first-order valence-electron chi connectivity index (χ1n) is 9.74. The van der Waals surface area contributed by atoms with Crippen LogP contribution < -0.4 is 10.6 Å². The van der Waals surface area contributed by atoms with E-state index in [9.17, 15) is 4.79 Å². The highest BCUT2D eigenvalue weighted by atomic mass is 16.2. The first-order valence-corrected chi connectivity index (χ1v) is 9.74. The number of anilines is 1. The number of carbonyl (C=O) groups excluding carboxylic acids is 1. The summed E-state index contributed by atoms with van der Waals surface area (Å²) in [7, 11) is 0. The van der Waals surface area contributed by atoms with Crippen molar-refractivity contribution in [3.8, 4) is 11.4 Å². The van der Waals surface area contributed by atoms with Crippen molar-refractivity contribution in [3.05, 3.63) is 83.9 Å². The van der Waals surface area contributed by atoms with Crippen LogP contribution in [0.15, 0.2) is 72.8 Å². The molecule has 29 heavy (non-hydrogen) atoms. The summed E-state index contributed by atoms with van der Waals surface area (Å²) >= 11 is 0. The molecule has 0 unspecified atom stereocenters. The fraction of sp³-hybridized carbons (Fsp3) is 0.167. The third-order valence-corrected chi connectivity index (χ3v) is 5.07. The van der Waals surface area contributed by atoms with Crippen LogP contribution in [0.1, 0.15) is 11.1 Å². The lowest BCUT2D eigenvalue weighted by atomic mass is 10.1. The fourth-order valence-electron chi connectivity index (χ4n) is 3.39. The van der Waals surface area contributed by atoms with E-state index in [0.717, 1.165) is 33.7 Å². The van der Waals surface area contributed by atoms with Gasteiger partial charge in [-0.05, 0) is 49.2 Å². The van der Waals surface area contributed by atoms with Crippen molar-refractivity contribution in [2.24, 2.45) is 0 Å². The van der Waals surface area contributed by atoms with Crippen LogP contribution in [0, 0.1) is 13.8 Å². The first-order chi connectivity index (χ1) is 14.1. The second-order valence-corrected chi connectivity index (χ2v) is 7.12. The average molecular weight is 384 g/mol. The predicted molar refractivity (Wildman–Crippen MR) is 118 cm³/mol. The van der Waals surface area contributed by atoms with E-state index in [2.05, 4.69) is 40.3 Å². The van der Waals surface area contributed by atoms with Crippen molar-refractivity contribution < 1.29 is 4.79 Å². The van der Waals surface area contributed by atoms with Gasteiger partial charge in [0.25, 0.3) is 0 Å². The van der Waals surface area contributed by atoms with Crippen molar-refractivity contribution in [3.63, 3.8) is 0 Å². The minimum Gasteiger partial charge on any atom is -0.336 e. The molecular formula is C24H24N4O. The van der Waals surface area contributed by atoms with E-state index in [1.54, 1.807) is 0 Å². The lowest BCUT2D eigenvalue weighted by Gasteiger charge is -2.12. The number of fused-ring (bicyclic) bond motifs is 1. The second-order valence-electron chi connectivity index (χ2n) is 7.12. The summed E-state index contributed by atoms with van der Waals surface area (Å²) in [6, 6.07) is 23.9. The molecule has 2 N–H and O–H groups in total. The number of urea groups is 1. The summed E-state index contributed by atoms with van der Waals surface area (Å²) in [6.07, 6.45) is 0. The zero-order valence-corrected chi connectivity index (χ0v) is 16.6. The highest BCUT2D eigenvalue weighted by Crippen LogP contribution is 2.24. The smallest absolute Gasteiger partial charge is 0.319 e. The molecule has 1 heterocycles. The largest absolute Gasteiger partial charge is 0.336 e. The number of aromatic nitrogens is 2. The molecule has 1 aromatic heterocycles. The van der Waals surface area contributed by atoms with Gasteiger partial charge in [-0.2, -0.15) is 0 Å². The number of benzene rings is 3. The van der Waals surface area contributed by atoms with Gasteiger partial charge in [-0.1, -0.05) is 48.5 Å². The van der Waals surface area contributed by atoms with Crippen LogP contribution in [-0.2, 0) is 6.54 Å². The molecular weight excluding hydrogens is 360 g/mol. The maximum absolute atomic E-state index is 12.3. The third-order valence-electron chi connectivity index (χ3n) is 5.07. The van der Waals surface area contributed by atoms with Gasteiger partial charge in [0.2, 0.25) is 0 Å². The number of rotatable bonds is 5. The minimum atomic E-state index is -0.209. The molecule has 5 nitrogen and oxygen atoms in total. The maximum atomic E-state index is 12.3. The SMILES string of the molecule is Cc1ccc(NC(=O)NCCn2c(-c3ccccc3)nc3ccccc32)cc1C. The van der Waals surface area contributed by atoms with E-state index < -0.39 is 0 Å². The molecule has 0 radical (unpaired) electrons. The zero-order valence-electron chi connectivity index (χ0n) is 16.6. The van der Waals surface area contributed by atoms with Gasteiger partial charge in [0.05, 0.1) is 11.0 Å². The van der Waals surface area contributed by atoms with E-state index in [0.29, 0.717) is 13.1 Å². The van der Waals surface area contributed by atoms with Crippen LogP contribution in [-0.4, -0.2) is 22.1 Å². The van der Waals surface area contributed by atoms with Crippen LogP contribution in [0.2, 0.25) is 0 Å². The Morgan fingerprint density at radius 3 is 2.48 bits per heavy atom. The highest BCUT2D eigenvalue weighted by Gasteiger charge is 2.12. The lowest BCUT2D eigenvalue weighted by molar-refractivity contribution is 0.251. The van der Waals surface area contributed by atoms with Crippen LogP contribution in [0.3, 0.4) is 0 Å². The zero-order chi connectivity index (χ0) is 20.2. The van der Waals surface area contributed by atoms with E-state index in [1.165, 1.54) is 5.56 Å². The number of amides is 2. The topological polar surface area (TPSA) is 59.0 Å². The molecule has 0 saturated heterocycles. The van der Waals surface area contributed by atoms with Gasteiger partial charge in [-0.25, -0.2) is 9.78 Å². The Morgan fingerprint density at radius 2 is 1.69 bits per heavy atom. The van der Waals surface area contributed by atoms with Crippen molar-refractivity contribution in [1.29, 1.82) is 0 Å². The molecule has 0 spiro atoms. The van der Waals surface area contributed by atoms with Gasteiger partial charge in [0.15, 0.2) is 0 Å².